The van der Waals surface area contributed by atoms with Gasteiger partial charge >= 0.3 is 5.97 Å². The zero-order valence-corrected chi connectivity index (χ0v) is 22.3. The fourth-order valence-corrected chi connectivity index (χ4v) is 6.32. The molecule has 0 saturated carbocycles. The summed E-state index contributed by atoms with van der Waals surface area (Å²) in [5.74, 6) is -0.410. The molecule has 1 aliphatic heterocycles. The Kier molecular flexibility index (Phi) is 7.06. The third-order valence-corrected chi connectivity index (χ3v) is 8.95. The minimum absolute atomic E-state index is 0.0298. The van der Waals surface area contributed by atoms with Crippen LogP contribution in [0, 0.1) is 5.41 Å². The molecule has 1 saturated heterocycles. The molecule has 196 valence electrons. The van der Waals surface area contributed by atoms with Crippen LogP contribution < -0.4 is 14.8 Å². The fourth-order valence-electron chi connectivity index (χ4n) is 5.38. The van der Waals surface area contributed by atoms with Crippen LogP contribution in [-0.2, 0) is 24.4 Å². The molecule has 5 rings (SSSR count). The summed E-state index contributed by atoms with van der Waals surface area (Å²) in [6.45, 7) is 8.32. The van der Waals surface area contributed by atoms with Crippen molar-refractivity contribution in [3.8, 4) is 11.4 Å². The van der Waals surface area contributed by atoms with Crippen molar-refractivity contribution in [1.29, 1.82) is 0 Å². The number of aromatic nitrogens is 2. The smallest absolute Gasteiger partial charge is 0.354 e. The van der Waals surface area contributed by atoms with Crippen LogP contribution in [0.3, 0.4) is 0 Å². The van der Waals surface area contributed by atoms with E-state index in [-0.39, 0.29) is 21.9 Å². The Labute approximate surface area is 220 Å². The number of nitrogens with zero attached hydrogens (tertiary/aromatic N) is 2. The summed E-state index contributed by atoms with van der Waals surface area (Å²) in [5.41, 5.74) is 4.35. The molecule has 0 radical (unpaired) electrons. The van der Waals surface area contributed by atoms with Crippen LogP contribution in [0.5, 0.6) is 5.75 Å². The first-order valence-corrected chi connectivity index (χ1v) is 13.8. The van der Waals surface area contributed by atoms with Gasteiger partial charge in [-0.15, -0.1) is 4.72 Å². The van der Waals surface area contributed by atoms with E-state index in [9.17, 15) is 14.5 Å². The molecule has 9 heteroatoms. The van der Waals surface area contributed by atoms with Crippen LogP contribution in [-0.4, -0.2) is 43.2 Å². The van der Waals surface area contributed by atoms with Crippen LogP contribution in [0.25, 0.3) is 5.69 Å². The molecule has 1 fully saturated rings. The van der Waals surface area contributed by atoms with Gasteiger partial charge < -0.3 is 19.7 Å². The van der Waals surface area contributed by atoms with E-state index in [2.05, 4.69) is 33.3 Å². The highest BCUT2D eigenvalue weighted by molar-refractivity contribution is 7.90. The lowest BCUT2D eigenvalue weighted by atomic mass is 9.73. The Balaban J connectivity index is 1.37. The molecule has 0 amide bonds. The average Bonchev–Trinajstić information content (AvgIpc) is 3.47. The number of hydrogen-bond acceptors (Lipinski definition) is 6. The number of carbonyl (C=O) groups is 1. The SMILES string of the molecule is CC(C)(C)[S+]([O-])N[C@@H]1c2cc(COc3cccc(-n4nccc4C(=O)O)c3)ccc2CC12CCNCC2. The summed E-state index contributed by atoms with van der Waals surface area (Å²) in [6, 6.07) is 15.2. The van der Waals surface area contributed by atoms with Gasteiger partial charge in [0.2, 0.25) is 0 Å². The second-order valence-electron chi connectivity index (χ2n) is 11.0. The lowest BCUT2D eigenvalue weighted by molar-refractivity contribution is 0.0687. The first-order chi connectivity index (χ1) is 17.7. The molecule has 1 aromatic heterocycles. The van der Waals surface area contributed by atoms with Crippen LogP contribution in [0.15, 0.2) is 54.7 Å². The van der Waals surface area contributed by atoms with Crippen LogP contribution in [0.1, 0.15) is 66.8 Å². The molecule has 0 bridgehead atoms. The summed E-state index contributed by atoms with van der Waals surface area (Å²) in [5, 5.41) is 17.0. The maximum absolute atomic E-state index is 13.2. The second-order valence-corrected chi connectivity index (χ2v) is 13.0. The van der Waals surface area contributed by atoms with Crippen molar-refractivity contribution < 1.29 is 19.2 Å². The van der Waals surface area contributed by atoms with Gasteiger partial charge in [0.25, 0.3) is 0 Å². The van der Waals surface area contributed by atoms with E-state index in [0.717, 1.165) is 37.9 Å². The molecule has 1 unspecified atom stereocenters. The van der Waals surface area contributed by atoms with Crippen LogP contribution in [0.2, 0.25) is 0 Å². The Morgan fingerprint density at radius 3 is 2.76 bits per heavy atom. The van der Waals surface area contributed by atoms with Gasteiger partial charge in [0.1, 0.15) is 17.1 Å². The van der Waals surface area contributed by atoms with Crippen molar-refractivity contribution in [2.24, 2.45) is 5.41 Å². The average molecular weight is 523 g/mol. The predicted octanol–water partition coefficient (Wildman–Crippen LogP) is 4.17. The highest BCUT2D eigenvalue weighted by Crippen LogP contribution is 2.52. The van der Waals surface area contributed by atoms with E-state index < -0.39 is 17.3 Å². The zero-order valence-electron chi connectivity index (χ0n) is 21.5. The lowest BCUT2D eigenvalue weighted by Gasteiger charge is -2.40. The molecule has 1 aliphatic carbocycles. The number of hydrogen-bond donors (Lipinski definition) is 3. The number of benzene rings is 2. The van der Waals surface area contributed by atoms with E-state index in [1.54, 1.807) is 12.1 Å². The number of ether oxygens (including phenoxy) is 1. The Hall–Kier alpha value is -2.85. The molecule has 2 aliphatic rings. The molecular weight excluding hydrogens is 488 g/mol. The topological polar surface area (TPSA) is 111 Å². The van der Waals surface area contributed by atoms with E-state index in [1.807, 2.05) is 32.9 Å². The van der Waals surface area contributed by atoms with Gasteiger partial charge in [0.15, 0.2) is 5.69 Å². The van der Waals surface area contributed by atoms with Crippen molar-refractivity contribution in [1.82, 2.24) is 19.8 Å². The standard InChI is InChI=1S/C28H34N4O4S/c1-27(2,3)37(35)31-25-23-15-19(7-8-20(23)17-28(25)10-13-29-14-11-28)18-36-22-6-4-5-21(16-22)32-24(26(33)34)9-12-30-32/h4-9,12,15-16,25,29,31H,10-11,13-14,17-18H2,1-3H3,(H,33,34)/t25-,37?/m1/s1. The molecule has 2 heterocycles. The third kappa shape index (κ3) is 5.27. The predicted molar refractivity (Wildman–Crippen MR) is 143 cm³/mol. The van der Waals surface area contributed by atoms with Crippen molar-refractivity contribution in [3.05, 3.63) is 77.1 Å². The summed E-state index contributed by atoms with van der Waals surface area (Å²) < 4.78 is 23.8. The maximum atomic E-state index is 13.2. The van der Waals surface area contributed by atoms with E-state index >= 15 is 0 Å². The van der Waals surface area contributed by atoms with Gasteiger partial charge in [-0.25, -0.2) is 9.48 Å². The van der Waals surface area contributed by atoms with Crippen molar-refractivity contribution in [2.75, 3.05) is 13.1 Å². The van der Waals surface area contributed by atoms with Gasteiger partial charge in [0, 0.05) is 22.8 Å². The highest BCUT2D eigenvalue weighted by Gasteiger charge is 2.49. The number of piperidine rings is 1. The number of carboxylic acids is 1. The minimum Gasteiger partial charge on any atom is -0.598 e. The molecule has 2 aromatic carbocycles. The lowest BCUT2D eigenvalue weighted by Crippen LogP contribution is -2.48. The van der Waals surface area contributed by atoms with Gasteiger partial charge in [0.05, 0.1) is 17.9 Å². The summed E-state index contributed by atoms with van der Waals surface area (Å²) >= 11 is -1.18. The van der Waals surface area contributed by atoms with E-state index in [0.29, 0.717) is 18.0 Å². The van der Waals surface area contributed by atoms with E-state index in [4.69, 9.17) is 4.74 Å². The number of aromatic carboxylic acids is 1. The van der Waals surface area contributed by atoms with Gasteiger partial charge in [-0.1, -0.05) is 24.3 Å². The first-order valence-electron chi connectivity index (χ1n) is 12.7. The summed E-state index contributed by atoms with van der Waals surface area (Å²) in [4.78, 5) is 11.5. The first kappa shape index (κ1) is 25.8. The molecule has 8 nitrogen and oxygen atoms in total. The fraction of sp³-hybridized carbons (Fsp3) is 0.429. The molecule has 3 aromatic rings. The largest absolute Gasteiger partial charge is 0.598 e. The summed E-state index contributed by atoms with van der Waals surface area (Å²) in [7, 11) is 0. The molecular formula is C28H34N4O4S. The normalized spacial score (nSPS) is 19.5. The van der Waals surface area contributed by atoms with Crippen molar-refractivity contribution in [2.45, 2.75) is 57.4 Å². The number of nitrogens with one attached hydrogen (secondary N) is 2. The second kappa shape index (κ2) is 10.1. The Morgan fingerprint density at radius 1 is 1.24 bits per heavy atom. The quantitative estimate of drug-likeness (QED) is 0.400. The van der Waals surface area contributed by atoms with Crippen LogP contribution in [0.4, 0.5) is 0 Å². The number of rotatable bonds is 7. The number of carboxylic acid groups (broad SMARTS) is 1. The monoisotopic (exact) mass is 522 g/mol. The van der Waals surface area contributed by atoms with Gasteiger partial charge in [-0.3, -0.25) is 0 Å². The van der Waals surface area contributed by atoms with Crippen LogP contribution >= 0.6 is 0 Å². The number of fused-ring (bicyclic) bond motifs is 1. The van der Waals surface area contributed by atoms with Crippen molar-refractivity contribution >= 4 is 17.3 Å². The minimum atomic E-state index is -1.18. The van der Waals surface area contributed by atoms with Gasteiger partial charge in [-0.2, -0.15) is 5.10 Å². The molecule has 1 spiro atoms. The highest BCUT2D eigenvalue weighted by atomic mass is 32.2. The molecule has 2 atom stereocenters. The van der Waals surface area contributed by atoms with E-state index in [1.165, 1.54) is 28.1 Å². The Bertz CT molecular complexity index is 1280. The maximum Gasteiger partial charge on any atom is 0.354 e. The molecule has 3 N–H and O–H groups in total. The van der Waals surface area contributed by atoms with Crippen molar-refractivity contribution in [3.63, 3.8) is 0 Å². The molecule has 37 heavy (non-hydrogen) atoms. The summed E-state index contributed by atoms with van der Waals surface area (Å²) in [6.07, 6.45) is 4.55. The third-order valence-electron chi connectivity index (χ3n) is 7.39. The zero-order chi connectivity index (χ0) is 26.2. The van der Waals surface area contributed by atoms with Gasteiger partial charge in [-0.05, 0) is 88.0 Å². The Morgan fingerprint density at radius 2 is 2.03 bits per heavy atom.